The molecule has 4 rings (SSSR count). The van der Waals surface area contributed by atoms with Crippen molar-refractivity contribution in [2.45, 2.75) is 20.8 Å². The largest absolute Gasteiger partial charge is 0.493 e. The third-order valence-electron chi connectivity index (χ3n) is 5.02. The van der Waals surface area contributed by atoms with Gasteiger partial charge in [-0.1, -0.05) is 56.0 Å². The number of methoxy groups -OCH3 is 1. The summed E-state index contributed by atoms with van der Waals surface area (Å²) in [6, 6.07) is 10.7. The molecule has 33 heavy (non-hydrogen) atoms. The van der Waals surface area contributed by atoms with E-state index in [1.54, 1.807) is 35.4 Å². The number of aryl methyl sites for hydroxylation is 1. The Hall–Kier alpha value is -3.17. The molecule has 1 aromatic carbocycles. The number of carbonyl (C=O) groups is 1. The van der Waals surface area contributed by atoms with Crippen molar-refractivity contribution in [3.63, 3.8) is 0 Å². The number of ether oxygens (including phenoxy) is 2. The molecule has 1 saturated heterocycles. The van der Waals surface area contributed by atoms with Crippen LogP contribution in [0.5, 0.6) is 17.4 Å². The standard InChI is InChI=1S/C24H23N3O4S2/c1-14(2)13-27-23(29)19(33-24(27)32)12-16-21(31-18-10-6-5-9-17(18)30-4)25-20-15(3)8-7-11-26(20)22(16)28/h5-12,14H,13H2,1-4H3/b19-12+. The first kappa shape index (κ1) is 23.0. The molecule has 0 saturated carbocycles. The van der Waals surface area contributed by atoms with E-state index < -0.39 is 0 Å². The summed E-state index contributed by atoms with van der Waals surface area (Å²) in [4.78, 5) is 33.1. The molecule has 170 valence electrons. The molecule has 1 aliphatic heterocycles. The van der Waals surface area contributed by atoms with Gasteiger partial charge in [0.15, 0.2) is 11.5 Å². The maximum absolute atomic E-state index is 13.5. The lowest BCUT2D eigenvalue weighted by Crippen LogP contribution is -2.31. The van der Waals surface area contributed by atoms with Crippen LogP contribution in [0.15, 0.2) is 52.3 Å². The normalized spacial score (nSPS) is 15.2. The fourth-order valence-electron chi connectivity index (χ4n) is 3.45. The van der Waals surface area contributed by atoms with Gasteiger partial charge in [-0.25, -0.2) is 0 Å². The van der Waals surface area contributed by atoms with Crippen LogP contribution in [0.2, 0.25) is 0 Å². The van der Waals surface area contributed by atoms with E-state index in [0.717, 1.165) is 5.56 Å². The average Bonchev–Trinajstić information content (AvgIpc) is 3.04. The van der Waals surface area contributed by atoms with E-state index in [-0.39, 0.29) is 28.8 Å². The highest BCUT2D eigenvalue weighted by Crippen LogP contribution is 2.36. The van der Waals surface area contributed by atoms with Crippen LogP contribution in [0.25, 0.3) is 11.7 Å². The lowest BCUT2D eigenvalue weighted by molar-refractivity contribution is -0.122. The molecule has 1 fully saturated rings. The van der Waals surface area contributed by atoms with Crippen molar-refractivity contribution < 1.29 is 14.3 Å². The smallest absolute Gasteiger partial charge is 0.269 e. The second-order valence-corrected chi connectivity index (χ2v) is 9.64. The molecule has 0 bridgehead atoms. The van der Waals surface area contributed by atoms with Crippen LogP contribution in [-0.2, 0) is 4.79 Å². The number of nitrogens with zero attached hydrogens (tertiary/aromatic N) is 3. The summed E-state index contributed by atoms with van der Waals surface area (Å²) in [6.45, 7) is 6.42. The summed E-state index contributed by atoms with van der Waals surface area (Å²) < 4.78 is 13.4. The number of amides is 1. The number of pyridine rings is 1. The molecule has 0 radical (unpaired) electrons. The number of hydrogen-bond acceptors (Lipinski definition) is 7. The predicted octanol–water partition coefficient (Wildman–Crippen LogP) is 4.66. The highest BCUT2D eigenvalue weighted by atomic mass is 32.2. The van der Waals surface area contributed by atoms with Gasteiger partial charge in [-0.2, -0.15) is 4.98 Å². The zero-order valence-corrected chi connectivity index (χ0v) is 20.3. The number of thiocarbonyl (C=S) groups is 1. The van der Waals surface area contributed by atoms with E-state index in [0.29, 0.717) is 32.9 Å². The van der Waals surface area contributed by atoms with Gasteiger partial charge in [-0.3, -0.25) is 18.9 Å². The molecule has 0 spiro atoms. The highest BCUT2D eigenvalue weighted by molar-refractivity contribution is 8.26. The van der Waals surface area contributed by atoms with E-state index in [4.69, 9.17) is 21.7 Å². The first-order valence-electron chi connectivity index (χ1n) is 10.4. The Bertz CT molecular complexity index is 1350. The van der Waals surface area contributed by atoms with Gasteiger partial charge in [-0.15, -0.1) is 0 Å². The van der Waals surface area contributed by atoms with Gasteiger partial charge in [-0.05, 0) is 42.7 Å². The van der Waals surface area contributed by atoms with E-state index >= 15 is 0 Å². The monoisotopic (exact) mass is 481 g/mol. The molecule has 1 amide bonds. The van der Waals surface area contributed by atoms with Crippen LogP contribution in [-0.4, -0.2) is 38.2 Å². The highest BCUT2D eigenvalue weighted by Gasteiger charge is 2.33. The molecule has 2 aromatic heterocycles. The molecule has 0 atom stereocenters. The molecule has 3 aromatic rings. The number of rotatable bonds is 6. The van der Waals surface area contributed by atoms with Gasteiger partial charge in [0.05, 0.1) is 12.0 Å². The summed E-state index contributed by atoms with van der Waals surface area (Å²) in [7, 11) is 1.54. The number of carbonyl (C=O) groups excluding carboxylic acids is 1. The van der Waals surface area contributed by atoms with Gasteiger partial charge in [0.1, 0.15) is 15.5 Å². The number of benzene rings is 1. The molecule has 3 heterocycles. The molecular formula is C24H23N3O4S2. The SMILES string of the molecule is COc1ccccc1Oc1nc2c(C)cccn2c(=O)c1/C=C1/SC(=S)N(CC(C)C)C1=O. The number of aromatic nitrogens is 2. The summed E-state index contributed by atoms with van der Waals surface area (Å²) in [5, 5.41) is 0. The first-order chi connectivity index (χ1) is 15.8. The van der Waals surface area contributed by atoms with Gasteiger partial charge >= 0.3 is 0 Å². The minimum absolute atomic E-state index is 0.0907. The Morgan fingerprint density at radius 3 is 2.58 bits per heavy atom. The Morgan fingerprint density at radius 2 is 1.88 bits per heavy atom. The van der Waals surface area contributed by atoms with Crippen molar-refractivity contribution in [1.29, 1.82) is 0 Å². The van der Waals surface area contributed by atoms with Gasteiger partial charge < -0.3 is 9.47 Å². The number of fused-ring (bicyclic) bond motifs is 1. The zero-order valence-electron chi connectivity index (χ0n) is 18.7. The van der Waals surface area contributed by atoms with Crippen LogP contribution in [0.1, 0.15) is 25.0 Å². The van der Waals surface area contributed by atoms with Crippen LogP contribution in [0.3, 0.4) is 0 Å². The van der Waals surface area contributed by atoms with Crippen molar-refractivity contribution in [1.82, 2.24) is 14.3 Å². The predicted molar refractivity (Wildman–Crippen MR) is 134 cm³/mol. The van der Waals surface area contributed by atoms with Crippen molar-refractivity contribution in [3.05, 3.63) is 69.0 Å². The molecule has 0 N–H and O–H groups in total. The lowest BCUT2D eigenvalue weighted by Gasteiger charge is -2.16. The summed E-state index contributed by atoms with van der Waals surface area (Å²) >= 11 is 6.58. The van der Waals surface area contributed by atoms with Crippen LogP contribution in [0, 0.1) is 12.8 Å². The van der Waals surface area contributed by atoms with Crippen molar-refractivity contribution in [2.75, 3.05) is 13.7 Å². The summed E-state index contributed by atoms with van der Waals surface area (Å²) in [5.74, 6) is 1.03. The maximum atomic E-state index is 13.5. The molecule has 0 unspecified atom stereocenters. The van der Waals surface area contributed by atoms with Crippen LogP contribution in [0.4, 0.5) is 0 Å². The maximum Gasteiger partial charge on any atom is 0.269 e. The fraction of sp³-hybridized carbons (Fsp3) is 0.250. The van der Waals surface area contributed by atoms with Gasteiger partial charge in [0, 0.05) is 12.7 Å². The third kappa shape index (κ3) is 4.51. The van der Waals surface area contributed by atoms with Crippen LogP contribution < -0.4 is 15.0 Å². The number of hydrogen-bond donors (Lipinski definition) is 0. The Balaban J connectivity index is 1.88. The molecule has 9 heteroatoms. The second-order valence-electron chi connectivity index (χ2n) is 7.96. The zero-order chi connectivity index (χ0) is 23.7. The van der Waals surface area contributed by atoms with Crippen molar-refractivity contribution >= 4 is 45.9 Å². The fourth-order valence-corrected chi connectivity index (χ4v) is 4.71. The Morgan fingerprint density at radius 1 is 1.15 bits per heavy atom. The van der Waals surface area contributed by atoms with E-state index in [1.165, 1.54) is 29.3 Å². The van der Waals surface area contributed by atoms with E-state index in [1.807, 2.05) is 32.9 Å². The number of para-hydroxylation sites is 2. The quantitative estimate of drug-likeness (QED) is 0.374. The van der Waals surface area contributed by atoms with Crippen LogP contribution >= 0.6 is 24.0 Å². The third-order valence-corrected chi connectivity index (χ3v) is 6.40. The minimum atomic E-state index is -0.345. The van der Waals surface area contributed by atoms with Gasteiger partial charge in [0.25, 0.3) is 11.5 Å². The molecule has 7 nitrogen and oxygen atoms in total. The molecular weight excluding hydrogens is 458 g/mol. The number of thioether (sulfide) groups is 1. The average molecular weight is 482 g/mol. The second kappa shape index (κ2) is 9.36. The molecule has 0 aliphatic carbocycles. The van der Waals surface area contributed by atoms with Gasteiger partial charge in [0.2, 0.25) is 5.88 Å². The molecule has 1 aliphatic rings. The summed E-state index contributed by atoms with van der Waals surface area (Å²) in [5.41, 5.74) is 1.10. The van der Waals surface area contributed by atoms with Crippen molar-refractivity contribution in [3.8, 4) is 17.4 Å². The first-order valence-corrected chi connectivity index (χ1v) is 11.6. The minimum Gasteiger partial charge on any atom is -0.493 e. The van der Waals surface area contributed by atoms with Crippen molar-refractivity contribution in [2.24, 2.45) is 5.92 Å². The Labute approximate surface area is 201 Å². The van der Waals surface area contributed by atoms with E-state index in [9.17, 15) is 9.59 Å². The topological polar surface area (TPSA) is 73.1 Å². The summed E-state index contributed by atoms with van der Waals surface area (Å²) in [6.07, 6.45) is 3.17. The lowest BCUT2D eigenvalue weighted by atomic mass is 10.2. The van der Waals surface area contributed by atoms with E-state index in [2.05, 4.69) is 4.98 Å². The Kier molecular flexibility index (Phi) is 6.53.